The highest BCUT2D eigenvalue weighted by atomic mass is 32.2. The number of hydrogen-bond acceptors (Lipinski definition) is 6. The lowest BCUT2D eigenvalue weighted by Crippen LogP contribution is -2.40. The number of carbonyl (C=O) groups is 1. The zero-order valence-electron chi connectivity index (χ0n) is 17.3. The van der Waals surface area contributed by atoms with Crippen LogP contribution in [0.1, 0.15) is 23.1 Å². The van der Waals surface area contributed by atoms with Gasteiger partial charge in [0.2, 0.25) is 10.0 Å². The molecular formula is C21H21F2N3O5S. The lowest BCUT2D eigenvalue weighted by molar-refractivity contribution is 0.0458. The van der Waals surface area contributed by atoms with Crippen molar-refractivity contribution in [2.75, 3.05) is 26.3 Å². The van der Waals surface area contributed by atoms with Gasteiger partial charge in [0.1, 0.15) is 12.4 Å². The standard InChI is InChI=1S/C21H21F2N3O5S/c1-2-26-19-6-4-15(32(28,29)25-7-9-30-10-8-25)12-18(19)24-20(26)13-31-21(27)14-3-5-16(22)17(23)11-14/h3-6,11-12H,2,7-10,13H2,1H3. The fraction of sp³-hybridized carbons (Fsp3) is 0.333. The van der Waals surface area contributed by atoms with Gasteiger partial charge in [0, 0.05) is 19.6 Å². The van der Waals surface area contributed by atoms with E-state index in [4.69, 9.17) is 9.47 Å². The van der Waals surface area contributed by atoms with Crippen molar-refractivity contribution in [3.05, 3.63) is 59.4 Å². The van der Waals surface area contributed by atoms with E-state index in [0.29, 0.717) is 36.6 Å². The lowest BCUT2D eigenvalue weighted by Gasteiger charge is -2.26. The molecule has 0 aliphatic carbocycles. The van der Waals surface area contributed by atoms with Crippen LogP contribution in [-0.4, -0.2) is 54.5 Å². The lowest BCUT2D eigenvalue weighted by atomic mass is 10.2. The molecule has 0 bridgehead atoms. The monoisotopic (exact) mass is 465 g/mol. The summed E-state index contributed by atoms with van der Waals surface area (Å²) in [5, 5.41) is 0. The minimum absolute atomic E-state index is 0.123. The Balaban J connectivity index is 1.58. The topological polar surface area (TPSA) is 90.7 Å². The highest BCUT2D eigenvalue weighted by Gasteiger charge is 2.27. The molecule has 3 aromatic rings. The van der Waals surface area contributed by atoms with Crippen molar-refractivity contribution in [1.82, 2.24) is 13.9 Å². The van der Waals surface area contributed by atoms with Crippen LogP contribution in [-0.2, 0) is 32.6 Å². The molecule has 11 heteroatoms. The first-order valence-corrected chi connectivity index (χ1v) is 11.4. The van der Waals surface area contributed by atoms with Crippen molar-refractivity contribution in [2.45, 2.75) is 25.0 Å². The summed E-state index contributed by atoms with van der Waals surface area (Å²) >= 11 is 0. The molecule has 0 atom stereocenters. The molecule has 2 aromatic carbocycles. The van der Waals surface area contributed by atoms with Crippen LogP contribution in [0.3, 0.4) is 0 Å². The summed E-state index contributed by atoms with van der Waals surface area (Å²) in [5.41, 5.74) is 1.01. The van der Waals surface area contributed by atoms with Gasteiger partial charge in [-0.2, -0.15) is 4.31 Å². The molecule has 0 spiro atoms. The van der Waals surface area contributed by atoms with Gasteiger partial charge in [-0.05, 0) is 43.3 Å². The average Bonchev–Trinajstić information content (AvgIpc) is 3.16. The average molecular weight is 465 g/mol. The molecule has 0 saturated carbocycles. The fourth-order valence-electron chi connectivity index (χ4n) is 3.56. The third-order valence-electron chi connectivity index (χ3n) is 5.21. The number of fused-ring (bicyclic) bond motifs is 1. The second-order valence-corrected chi connectivity index (χ2v) is 9.08. The van der Waals surface area contributed by atoms with Crippen LogP contribution >= 0.6 is 0 Å². The Kier molecular flexibility index (Phi) is 6.22. The number of rotatable bonds is 6. The first kappa shape index (κ1) is 22.3. The number of esters is 1. The van der Waals surface area contributed by atoms with Crippen LogP contribution in [0.25, 0.3) is 11.0 Å². The number of aromatic nitrogens is 2. The van der Waals surface area contributed by atoms with Gasteiger partial charge in [0.15, 0.2) is 11.6 Å². The van der Waals surface area contributed by atoms with Gasteiger partial charge in [-0.15, -0.1) is 0 Å². The van der Waals surface area contributed by atoms with E-state index in [-0.39, 0.29) is 30.2 Å². The van der Waals surface area contributed by atoms with Crippen LogP contribution < -0.4 is 0 Å². The van der Waals surface area contributed by atoms with Gasteiger partial charge in [-0.1, -0.05) is 0 Å². The summed E-state index contributed by atoms with van der Waals surface area (Å²) < 4.78 is 65.9. The SMILES string of the molecule is CCn1c(COC(=O)c2ccc(F)c(F)c2)nc2cc(S(=O)(=O)N3CCOCC3)ccc21. The fourth-order valence-corrected chi connectivity index (χ4v) is 4.98. The van der Waals surface area contributed by atoms with E-state index in [1.807, 2.05) is 6.92 Å². The van der Waals surface area contributed by atoms with Crippen molar-refractivity contribution >= 4 is 27.0 Å². The third kappa shape index (κ3) is 4.23. The Bertz CT molecular complexity index is 1270. The number of aryl methyl sites for hydroxylation is 1. The molecule has 32 heavy (non-hydrogen) atoms. The minimum atomic E-state index is -3.68. The van der Waals surface area contributed by atoms with Gasteiger partial charge in [0.05, 0.1) is 34.7 Å². The van der Waals surface area contributed by atoms with Crippen molar-refractivity contribution in [3.63, 3.8) is 0 Å². The molecule has 4 rings (SSSR count). The number of benzene rings is 2. The third-order valence-corrected chi connectivity index (χ3v) is 7.11. The number of halogens is 2. The molecule has 1 saturated heterocycles. The first-order valence-electron chi connectivity index (χ1n) is 10.0. The van der Waals surface area contributed by atoms with E-state index in [0.717, 1.165) is 18.2 Å². The highest BCUT2D eigenvalue weighted by Crippen LogP contribution is 2.24. The maximum absolute atomic E-state index is 13.4. The summed E-state index contributed by atoms with van der Waals surface area (Å²) in [5.74, 6) is -2.63. The number of sulfonamides is 1. The minimum Gasteiger partial charge on any atom is -0.454 e. The van der Waals surface area contributed by atoms with E-state index >= 15 is 0 Å². The van der Waals surface area contributed by atoms with E-state index in [9.17, 15) is 22.0 Å². The predicted molar refractivity (Wildman–Crippen MR) is 110 cm³/mol. The molecule has 8 nitrogen and oxygen atoms in total. The number of imidazole rings is 1. The summed E-state index contributed by atoms with van der Waals surface area (Å²) in [6.45, 7) is 3.43. The summed E-state index contributed by atoms with van der Waals surface area (Å²) in [7, 11) is -3.68. The molecule has 0 amide bonds. The van der Waals surface area contributed by atoms with Gasteiger partial charge >= 0.3 is 5.97 Å². The van der Waals surface area contributed by atoms with Gasteiger partial charge in [-0.25, -0.2) is 27.0 Å². The van der Waals surface area contributed by atoms with Crippen LogP contribution in [0.2, 0.25) is 0 Å². The Morgan fingerprint density at radius 1 is 1.12 bits per heavy atom. The molecule has 1 aromatic heterocycles. The summed E-state index contributed by atoms with van der Waals surface area (Å²) in [4.78, 5) is 16.8. The predicted octanol–water partition coefficient (Wildman–Crippen LogP) is 2.71. The molecule has 170 valence electrons. The number of carbonyl (C=O) groups excluding carboxylic acids is 1. The highest BCUT2D eigenvalue weighted by molar-refractivity contribution is 7.89. The van der Waals surface area contributed by atoms with Crippen molar-refractivity contribution in [3.8, 4) is 0 Å². The number of nitrogens with zero attached hydrogens (tertiary/aromatic N) is 3. The smallest absolute Gasteiger partial charge is 0.338 e. The quantitative estimate of drug-likeness (QED) is 0.520. The van der Waals surface area contributed by atoms with Crippen LogP contribution in [0.15, 0.2) is 41.3 Å². The zero-order valence-corrected chi connectivity index (χ0v) is 18.1. The Labute approximate surface area is 183 Å². The molecule has 0 radical (unpaired) electrons. The van der Waals surface area contributed by atoms with E-state index < -0.39 is 27.6 Å². The molecule has 1 fully saturated rings. The molecule has 0 N–H and O–H groups in total. The van der Waals surface area contributed by atoms with Gasteiger partial charge in [0.25, 0.3) is 0 Å². The van der Waals surface area contributed by atoms with Crippen LogP contribution in [0, 0.1) is 11.6 Å². The van der Waals surface area contributed by atoms with Crippen LogP contribution in [0.4, 0.5) is 8.78 Å². The maximum atomic E-state index is 13.4. The summed E-state index contributed by atoms with van der Waals surface area (Å²) in [6.07, 6.45) is 0. The Morgan fingerprint density at radius 3 is 2.56 bits per heavy atom. The second kappa shape index (κ2) is 8.93. The summed E-state index contributed by atoms with van der Waals surface area (Å²) in [6, 6.07) is 7.43. The molecular weight excluding hydrogens is 444 g/mol. The van der Waals surface area contributed by atoms with E-state index in [1.165, 1.54) is 16.4 Å². The Hall–Kier alpha value is -2.89. The van der Waals surface area contributed by atoms with Crippen molar-refractivity contribution < 1.29 is 31.5 Å². The van der Waals surface area contributed by atoms with E-state index in [1.54, 1.807) is 10.6 Å². The van der Waals surface area contributed by atoms with Gasteiger partial charge < -0.3 is 14.0 Å². The molecule has 2 heterocycles. The number of morpholine rings is 1. The van der Waals surface area contributed by atoms with Crippen molar-refractivity contribution in [1.29, 1.82) is 0 Å². The molecule has 1 aliphatic rings. The second-order valence-electron chi connectivity index (χ2n) is 7.14. The normalized spacial score (nSPS) is 15.2. The Morgan fingerprint density at radius 2 is 1.88 bits per heavy atom. The zero-order chi connectivity index (χ0) is 22.9. The number of ether oxygens (including phenoxy) is 2. The van der Waals surface area contributed by atoms with Crippen LogP contribution in [0.5, 0.6) is 0 Å². The van der Waals surface area contributed by atoms with Gasteiger partial charge in [-0.3, -0.25) is 0 Å². The maximum Gasteiger partial charge on any atom is 0.338 e. The largest absolute Gasteiger partial charge is 0.454 e. The van der Waals surface area contributed by atoms with E-state index in [2.05, 4.69) is 4.98 Å². The number of hydrogen-bond donors (Lipinski definition) is 0. The molecule has 1 aliphatic heterocycles. The molecule has 0 unspecified atom stereocenters. The first-order chi connectivity index (χ1) is 15.3. The van der Waals surface area contributed by atoms with Crippen molar-refractivity contribution in [2.24, 2.45) is 0 Å².